The summed E-state index contributed by atoms with van der Waals surface area (Å²) in [6.07, 6.45) is 8.38. The van der Waals surface area contributed by atoms with E-state index in [-0.39, 0.29) is 5.54 Å². The highest BCUT2D eigenvalue weighted by Crippen LogP contribution is 2.23. The van der Waals surface area contributed by atoms with Gasteiger partial charge in [0.1, 0.15) is 12.4 Å². The molecule has 1 fully saturated rings. The van der Waals surface area contributed by atoms with E-state index in [1.54, 1.807) is 6.20 Å². The van der Waals surface area contributed by atoms with Crippen molar-refractivity contribution < 1.29 is 4.74 Å². The number of ether oxygens (including phenoxy) is 1. The van der Waals surface area contributed by atoms with E-state index in [0.717, 1.165) is 31.1 Å². The Balaban J connectivity index is 1.59. The van der Waals surface area contributed by atoms with Crippen molar-refractivity contribution in [3.8, 4) is 5.75 Å². The van der Waals surface area contributed by atoms with Crippen LogP contribution >= 0.6 is 0 Å². The summed E-state index contributed by atoms with van der Waals surface area (Å²) in [7, 11) is 0. The molecule has 2 aromatic rings. The van der Waals surface area contributed by atoms with Crippen LogP contribution in [-0.2, 0) is 12.1 Å². The summed E-state index contributed by atoms with van der Waals surface area (Å²) < 4.78 is 8.07. The summed E-state index contributed by atoms with van der Waals surface area (Å²) in [6, 6.07) is 4.38. The van der Waals surface area contributed by atoms with Crippen molar-refractivity contribution in [1.82, 2.24) is 19.7 Å². The van der Waals surface area contributed by atoms with Gasteiger partial charge in [-0.15, -0.1) is 0 Å². The Morgan fingerprint density at radius 1 is 1.33 bits per heavy atom. The van der Waals surface area contributed by atoms with Crippen molar-refractivity contribution in [2.45, 2.75) is 58.7 Å². The van der Waals surface area contributed by atoms with Crippen molar-refractivity contribution in [3.63, 3.8) is 0 Å². The van der Waals surface area contributed by atoms with Crippen LogP contribution in [0.4, 0.5) is 0 Å². The molecule has 3 heterocycles. The topological polar surface area (TPSA) is 43.2 Å². The fourth-order valence-corrected chi connectivity index (χ4v) is 3.14. The highest BCUT2D eigenvalue weighted by atomic mass is 16.5. The number of aromatic nitrogens is 3. The van der Waals surface area contributed by atoms with Crippen molar-refractivity contribution in [1.29, 1.82) is 0 Å². The first kappa shape index (κ1) is 17.0. The minimum atomic E-state index is 0.0314. The van der Waals surface area contributed by atoms with Gasteiger partial charge in [0.25, 0.3) is 0 Å². The highest BCUT2D eigenvalue weighted by molar-refractivity contribution is 5.25. The van der Waals surface area contributed by atoms with Crippen molar-refractivity contribution >= 4 is 0 Å². The van der Waals surface area contributed by atoms with Crippen molar-refractivity contribution in [3.05, 3.63) is 42.0 Å². The van der Waals surface area contributed by atoms with Gasteiger partial charge < -0.3 is 4.74 Å². The standard InChI is InChI=1S/C19H28N4O/c1-15-18(8-5-9-20-15)24-14-17-7-6-10-22(17)12-16-11-21-23(13-16)19(2,3)4/h5,8-9,11,13,17H,6-7,10,12,14H2,1-4H3/t17-/m1/s1. The molecule has 5 nitrogen and oxygen atoms in total. The average Bonchev–Trinajstić information content (AvgIpc) is 3.16. The summed E-state index contributed by atoms with van der Waals surface area (Å²) in [4.78, 5) is 6.80. The largest absolute Gasteiger partial charge is 0.490 e. The Morgan fingerprint density at radius 3 is 2.88 bits per heavy atom. The number of aryl methyl sites for hydroxylation is 1. The van der Waals surface area contributed by atoms with Crippen LogP contribution in [0.5, 0.6) is 5.75 Å². The molecule has 0 bridgehead atoms. The van der Waals surface area contributed by atoms with Crippen LogP contribution in [0.15, 0.2) is 30.7 Å². The van der Waals surface area contributed by atoms with Gasteiger partial charge in [0.05, 0.1) is 17.4 Å². The van der Waals surface area contributed by atoms with E-state index < -0.39 is 0 Å². The summed E-state index contributed by atoms with van der Waals surface area (Å²) in [6.45, 7) is 11.3. The van der Waals surface area contributed by atoms with E-state index in [1.165, 1.54) is 18.4 Å². The lowest BCUT2D eigenvalue weighted by molar-refractivity contribution is 0.166. The lowest BCUT2D eigenvalue weighted by Crippen LogP contribution is -2.33. The van der Waals surface area contributed by atoms with Gasteiger partial charge in [0.2, 0.25) is 0 Å². The summed E-state index contributed by atoms with van der Waals surface area (Å²) in [5, 5.41) is 4.51. The molecular formula is C19H28N4O. The molecule has 1 saturated heterocycles. The van der Waals surface area contributed by atoms with E-state index in [4.69, 9.17) is 4.74 Å². The quantitative estimate of drug-likeness (QED) is 0.844. The van der Waals surface area contributed by atoms with Crippen molar-refractivity contribution in [2.24, 2.45) is 0 Å². The molecule has 1 aliphatic rings. The molecule has 130 valence electrons. The maximum atomic E-state index is 6.02. The smallest absolute Gasteiger partial charge is 0.140 e. The Morgan fingerprint density at radius 2 is 2.17 bits per heavy atom. The molecule has 0 N–H and O–H groups in total. The van der Waals surface area contributed by atoms with Gasteiger partial charge in [0.15, 0.2) is 0 Å². The Labute approximate surface area is 144 Å². The molecule has 1 atom stereocenters. The molecule has 5 heteroatoms. The number of hydrogen-bond donors (Lipinski definition) is 0. The number of rotatable bonds is 5. The molecule has 0 unspecified atom stereocenters. The van der Waals surface area contributed by atoms with Crippen LogP contribution in [0.2, 0.25) is 0 Å². The van der Waals surface area contributed by atoms with Crippen LogP contribution in [-0.4, -0.2) is 38.9 Å². The maximum Gasteiger partial charge on any atom is 0.140 e. The van der Waals surface area contributed by atoms with E-state index >= 15 is 0 Å². The normalized spacial score (nSPS) is 18.9. The first-order valence-corrected chi connectivity index (χ1v) is 8.76. The predicted molar refractivity (Wildman–Crippen MR) is 95.1 cm³/mol. The zero-order chi connectivity index (χ0) is 17.2. The van der Waals surface area contributed by atoms with Crippen molar-refractivity contribution in [2.75, 3.05) is 13.2 Å². The second kappa shape index (κ2) is 6.93. The van der Waals surface area contributed by atoms with E-state index in [9.17, 15) is 0 Å². The molecule has 2 aromatic heterocycles. The number of hydrogen-bond acceptors (Lipinski definition) is 4. The second-order valence-electron chi connectivity index (χ2n) is 7.63. The monoisotopic (exact) mass is 328 g/mol. The molecule has 0 amide bonds. The SMILES string of the molecule is Cc1ncccc1OC[C@H]1CCCN1Cc1cnn(C(C)(C)C)c1. The minimum Gasteiger partial charge on any atom is -0.490 e. The minimum absolute atomic E-state index is 0.0314. The number of nitrogens with zero attached hydrogens (tertiary/aromatic N) is 4. The van der Waals surface area contributed by atoms with E-state index in [0.29, 0.717) is 6.04 Å². The van der Waals surface area contributed by atoms with E-state index in [1.807, 2.05) is 29.9 Å². The third-order valence-electron chi connectivity index (χ3n) is 4.60. The molecule has 0 radical (unpaired) electrons. The Bertz CT molecular complexity index is 674. The molecule has 0 aliphatic carbocycles. The van der Waals surface area contributed by atoms with Crippen LogP contribution in [0, 0.1) is 6.92 Å². The van der Waals surface area contributed by atoms with Gasteiger partial charge in [0, 0.05) is 30.5 Å². The lowest BCUT2D eigenvalue weighted by Gasteiger charge is -2.24. The third-order valence-corrected chi connectivity index (χ3v) is 4.60. The molecule has 24 heavy (non-hydrogen) atoms. The second-order valence-corrected chi connectivity index (χ2v) is 7.63. The van der Waals surface area contributed by atoms with Crippen LogP contribution in [0.1, 0.15) is 44.9 Å². The zero-order valence-corrected chi connectivity index (χ0v) is 15.2. The fraction of sp³-hybridized carbons (Fsp3) is 0.579. The highest BCUT2D eigenvalue weighted by Gasteiger charge is 2.26. The third kappa shape index (κ3) is 3.96. The molecule has 3 rings (SSSR count). The van der Waals surface area contributed by atoms with Gasteiger partial charge in [-0.25, -0.2) is 0 Å². The van der Waals surface area contributed by atoms with Gasteiger partial charge in [-0.05, 0) is 59.2 Å². The molecule has 0 aromatic carbocycles. The lowest BCUT2D eigenvalue weighted by atomic mass is 10.1. The molecule has 1 aliphatic heterocycles. The number of likely N-dealkylation sites (tertiary alicyclic amines) is 1. The maximum absolute atomic E-state index is 6.02. The summed E-state index contributed by atoms with van der Waals surface area (Å²) in [5.41, 5.74) is 2.26. The average molecular weight is 328 g/mol. The fourth-order valence-electron chi connectivity index (χ4n) is 3.14. The van der Waals surface area contributed by atoms with Crippen LogP contribution in [0.3, 0.4) is 0 Å². The van der Waals surface area contributed by atoms with E-state index in [2.05, 4.69) is 42.0 Å². The molecule has 0 saturated carbocycles. The van der Waals surface area contributed by atoms with Crippen LogP contribution < -0.4 is 4.74 Å². The summed E-state index contributed by atoms with van der Waals surface area (Å²) in [5.74, 6) is 0.893. The van der Waals surface area contributed by atoms with Crippen LogP contribution in [0.25, 0.3) is 0 Å². The van der Waals surface area contributed by atoms with Gasteiger partial charge >= 0.3 is 0 Å². The zero-order valence-electron chi connectivity index (χ0n) is 15.2. The van der Waals surface area contributed by atoms with Gasteiger partial charge in [-0.2, -0.15) is 5.10 Å². The van der Waals surface area contributed by atoms with Gasteiger partial charge in [-0.1, -0.05) is 0 Å². The Hall–Kier alpha value is -1.88. The first-order chi connectivity index (χ1) is 11.4. The number of pyridine rings is 1. The summed E-state index contributed by atoms with van der Waals surface area (Å²) >= 11 is 0. The first-order valence-electron chi connectivity index (χ1n) is 8.76. The van der Waals surface area contributed by atoms with Gasteiger partial charge in [-0.3, -0.25) is 14.6 Å². The molecule has 0 spiro atoms. The molecular weight excluding hydrogens is 300 g/mol. The Kier molecular flexibility index (Phi) is 4.90. The predicted octanol–water partition coefficient (Wildman–Crippen LogP) is 3.38.